The fourth-order valence-corrected chi connectivity index (χ4v) is 9.24. The van der Waals surface area contributed by atoms with Crippen molar-refractivity contribution in [2.45, 2.75) is 44.4 Å². The molecule has 0 spiro atoms. The van der Waals surface area contributed by atoms with Crippen LogP contribution in [0.3, 0.4) is 0 Å². The number of aliphatic carboxylic acids is 1. The topological polar surface area (TPSA) is 154 Å². The van der Waals surface area contributed by atoms with Crippen LogP contribution in [0.25, 0.3) is 0 Å². The zero-order valence-electron chi connectivity index (χ0n) is 28.0. The van der Waals surface area contributed by atoms with Crippen molar-refractivity contribution in [2.75, 3.05) is 12.0 Å². The van der Waals surface area contributed by atoms with Crippen LogP contribution in [0, 0.1) is 36.5 Å². The van der Waals surface area contributed by atoms with Crippen LogP contribution in [0.5, 0.6) is 11.5 Å². The lowest BCUT2D eigenvalue weighted by molar-refractivity contribution is -0.142. The molecule has 5 aliphatic rings. The van der Waals surface area contributed by atoms with Crippen LogP contribution in [0.4, 0.5) is 5.69 Å². The van der Waals surface area contributed by atoms with Crippen LogP contribution in [-0.2, 0) is 35.8 Å². The van der Waals surface area contributed by atoms with E-state index in [2.05, 4.69) is 5.43 Å². The number of nitrogens with zero attached hydrogens (tertiary/aromatic N) is 2. The number of aryl methyl sites for hydroxylation is 1. The standard InChI is InChI=1S/C40H37N3O8/c1-22-9-11-26(12-10-22)41-43-37(48)31-20-30-28(14-15-29-34(30)38(49)42(36(29)47)17-5-8-33(45)46)35(40(31,39(43)50)25-6-3-2-4-7-25)24-18-23-19-27(44)13-16-32(23)51-21-24/h2-4,6-7,9-14,16,19,21,29-31,34-35,41,44H,5,8,15,17-18,20H2,1H3,(H,45,46)/t29-,30+,31-,34-,35-,40+/m0/s1. The Balaban J connectivity index is 1.28. The van der Waals surface area contributed by atoms with Crippen molar-refractivity contribution in [2.24, 2.45) is 29.6 Å². The molecular weight excluding hydrogens is 650 g/mol. The number of carboxylic acid groups (broad SMARTS) is 1. The van der Waals surface area contributed by atoms with Gasteiger partial charge in [0.15, 0.2) is 0 Å². The highest BCUT2D eigenvalue weighted by atomic mass is 16.5. The van der Waals surface area contributed by atoms with E-state index in [-0.39, 0.29) is 49.8 Å². The van der Waals surface area contributed by atoms with Crippen LogP contribution in [0.2, 0.25) is 0 Å². The third kappa shape index (κ3) is 5.05. The number of imide groups is 2. The molecule has 0 aromatic heterocycles. The fourth-order valence-electron chi connectivity index (χ4n) is 9.24. The van der Waals surface area contributed by atoms with Crippen LogP contribution >= 0.6 is 0 Å². The summed E-state index contributed by atoms with van der Waals surface area (Å²) in [7, 11) is 0. The second kappa shape index (κ2) is 12.3. The summed E-state index contributed by atoms with van der Waals surface area (Å²) in [5.41, 5.74) is 6.14. The Bertz CT molecular complexity index is 2040. The first-order chi connectivity index (χ1) is 24.6. The third-order valence-corrected chi connectivity index (χ3v) is 11.4. The number of hydrogen-bond acceptors (Lipinski definition) is 8. The number of amides is 4. The lowest BCUT2D eigenvalue weighted by atomic mass is 9.48. The Labute approximate surface area is 294 Å². The van der Waals surface area contributed by atoms with Crippen molar-refractivity contribution in [1.82, 2.24) is 9.91 Å². The molecule has 3 heterocycles. The molecule has 11 heteroatoms. The Hall–Kier alpha value is -5.71. The zero-order valence-corrected chi connectivity index (χ0v) is 28.0. The molecule has 0 bridgehead atoms. The molecular formula is C40H37N3O8. The number of carbonyl (C=O) groups excluding carboxylic acids is 4. The van der Waals surface area contributed by atoms with Gasteiger partial charge in [0, 0.05) is 30.9 Å². The highest BCUT2D eigenvalue weighted by molar-refractivity contribution is 6.13. The largest absolute Gasteiger partial charge is 0.508 e. The number of ether oxygens (including phenoxy) is 1. The smallest absolute Gasteiger partial charge is 0.303 e. The normalized spacial score (nSPS) is 27.9. The fraction of sp³-hybridized carbons (Fsp3) is 0.325. The van der Waals surface area contributed by atoms with Crippen LogP contribution in [0.1, 0.15) is 42.4 Å². The summed E-state index contributed by atoms with van der Waals surface area (Å²) in [6, 6.07) is 21.5. The van der Waals surface area contributed by atoms with Crippen molar-refractivity contribution in [3.8, 4) is 11.5 Å². The first-order valence-corrected chi connectivity index (χ1v) is 17.3. The van der Waals surface area contributed by atoms with E-state index >= 15 is 4.79 Å². The monoisotopic (exact) mass is 687 g/mol. The van der Waals surface area contributed by atoms with Gasteiger partial charge in [-0.05, 0) is 73.6 Å². The summed E-state index contributed by atoms with van der Waals surface area (Å²) in [6.07, 6.45) is 4.32. The van der Waals surface area contributed by atoms with Gasteiger partial charge in [0.05, 0.1) is 35.1 Å². The summed E-state index contributed by atoms with van der Waals surface area (Å²) >= 11 is 0. The number of allylic oxidation sites excluding steroid dienone is 3. The predicted octanol–water partition coefficient (Wildman–Crippen LogP) is 4.90. The maximum absolute atomic E-state index is 15.3. The van der Waals surface area contributed by atoms with E-state index in [0.717, 1.165) is 16.1 Å². The van der Waals surface area contributed by atoms with E-state index in [1.54, 1.807) is 30.5 Å². The second-order valence-corrected chi connectivity index (χ2v) is 14.2. The van der Waals surface area contributed by atoms with Gasteiger partial charge in [0.25, 0.3) is 11.8 Å². The van der Waals surface area contributed by atoms with E-state index in [1.165, 1.54) is 11.0 Å². The van der Waals surface area contributed by atoms with Crippen molar-refractivity contribution in [1.29, 1.82) is 0 Å². The van der Waals surface area contributed by atoms with Crippen LogP contribution in [-0.4, -0.2) is 56.3 Å². The number of rotatable bonds is 8. The van der Waals surface area contributed by atoms with E-state index in [1.807, 2.05) is 55.5 Å². The number of nitrogens with one attached hydrogen (secondary N) is 1. The summed E-state index contributed by atoms with van der Waals surface area (Å²) in [4.78, 5) is 70.3. The number of hydrogen-bond donors (Lipinski definition) is 3. The van der Waals surface area contributed by atoms with Crippen LogP contribution in [0.15, 0.2) is 96.3 Å². The quantitative estimate of drug-likeness (QED) is 0.222. The molecule has 3 N–H and O–H groups in total. The van der Waals surface area contributed by atoms with Crippen LogP contribution < -0.4 is 10.2 Å². The number of likely N-dealkylation sites (tertiary alicyclic amines) is 1. The van der Waals surface area contributed by atoms with Gasteiger partial charge < -0.3 is 14.9 Å². The first kappa shape index (κ1) is 32.5. The molecule has 3 aliphatic heterocycles. The molecule has 2 saturated heterocycles. The lowest BCUT2D eigenvalue weighted by Gasteiger charge is -2.51. The minimum Gasteiger partial charge on any atom is -0.508 e. The molecule has 2 aliphatic carbocycles. The summed E-state index contributed by atoms with van der Waals surface area (Å²) in [5, 5.41) is 20.7. The molecule has 0 radical (unpaired) electrons. The Morgan fingerprint density at radius 1 is 0.961 bits per heavy atom. The number of fused-ring (bicyclic) bond motifs is 5. The molecule has 3 fully saturated rings. The Morgan fingerprint density at radius 3 is 2.47 bits per heavy atom. The van der Waals surface area contributed by atoms with Gasteiger partial charge in [-0.25, -0.2) is 0 Å². The highest BCUT2D eigenvalue weighted by Crippen LogP contribution is 2.63. The molecule has 6 atom stereocenters. The predicted molar refractivity (Wildman–Crippen MR) is 184 cm³/mol. The zero-order chi connectivity index (χ0) is 35.6. The SMILES string of the molecule is Cc1ccc(NN2C(=O)[C@@H]3C[C@@H]4C(=CC[C@@H]5C(=O)N(CCCC(=O)O)C(=O)[C@@H]54)[C@H](C4=COc5ccc(O)cc5C4)[C@]3(c3ccccc3)C2=O)cc1. The third-order valence-electron chi connectivity index (χ3n) is 11.4. The molecule has 1 saturated carbocycles. The molecule has 8 rings (SSSR count). The van der Waals surface area contributed by atoms with Gasteiger partial charge in [-0.2, -0.15) is 5.01 Å². The molecule has 0 unspecified atom stereocenters. The maximum atomic E-state index is 15.3. The number of phenols is 1. The number of aromatic hydroxyl groups is 1. The van der Waals surface area contributed by atoms with Gasteiger partial charge in [-0.3, -0.25) is 34.3 Å². The van der Waals surface area contributed by atoms with Gasteiger partial charge in [-0.15, -0.1) is 0 Å². The van der Waals surface area contributed by atoms with Gasteiger partial charge in [0.2, 0.25) is 11.8 Å². The number of carboxylic acids is 1. The van der Waals surface area contributed by atoms with Crippen molar-refractivity contribution in [3.05, 3.63) is 113 Å². The molecule has 3 aromatic carbocycles. The maximum Gasteiger partial charge on any atom is 0.303 e. The Kier molecular flexibility index (Phi) is 7.81. The number of anilines is 1. The van der Waals surface area contributed by atoms with E-state index < -0.39 is 52.8 Å². The van der Waals surface area contributed by atoms with Gasteiger partial charge >= 0.3 is 5.97 Å². The molecule has 3 aromatic rings. The second-order valence-electron chi connectivity index (χ2n) is 14.2. The molecule has 51 heavy (non-hydrogen) atoms. The summed E-state index contributed by atoms with van der Waals surface area (Å²) in [5.74, 6) is -5.53. The van der Waals surface area contributed by atoms with Crippen molar-refractivity contribution in [3.63, 3.8) is 0 Å². The average molecular weight is 688 g/mol. The van der Waals surface area contributed by atoms with E-state index in [4.69, 9.17) is 4.74 Å². The van der Waals surface area contributed by atoms with Crippen molar-refractivity contribution < 1.29 is 38.9 Å². The number of hydrazine groups is 1. The highest BCUT2D eigenvalue weighted by Gasteiger charge is 2.70. The number of benzene rings is 3. The minimum atomic E-state index is -1.43. The van der Waals surface area contributed by atoms with Gasteiger partial charge in [0.1, 0.15) is 11.5 Å². The van der Waals surface area contributed by atoms with Gasteiger partial charge in [-0.1, -0.05) is 59.7 Å². The summed E-state index contributed by atoms with van der Waals surface area (Å²) in [6.45, 7) is 1.95. The number of carbonyl (C=O) groups is 5. The molecule has 260 valence electrons. The van der Waals surface area contributed by atoms with E-state index in [0.29, 0.717) is 34.6 Å². The average Bonchev–Trinajstić information content (AvgIpc) is 3.49. The first-order valence-electron chi connectivity index (χ1n) is 17.3. The molecule has 4 amide bonds. The summed E-state index contributed by atoms with van der Waals surface area (Å²) < 4.78 is 6.15. The molecule has 11 nitrogen and oxygen atoms in total. The lowest BCUT2D eigenvalue weighted by Crippen LogP contribution is -2.55. The van der Waals surface area contributed by atoms with E-state index in [9.17, 15) is 29.4 Å². The van der Waals surface area contributed by atoms with Crippen molar-refractivity contribution >= 4 is 35.3 Å². The number of phenolic OH excluding ortho intramolecular Hbond substituents is 1. The minimum absolute atomic E-state index is 0.00473. The Morgan fingerprint density at radius 2 is 1.73 bits per heavy atom.